The summed E-state index contributed by atoms with van der Waals surface area (Å²) in [5.41, 5.74) is 3.21. The van der Waals surface area contributed by atoms with E-state index in [2.05, 4.69) is 40.2 Å². The third-order valence-corrected chi connectivity index (χ3v) is 5.74. The molecule has 3 aromatic carbocycles. The molecule has 0 unspecified atom stereocenters. The second-order valence-corrected chi connectivity index (χ2v) is 7.75. The number of benzene rings is 3. The van der Waals surface area contributed by atoms with Gasteiger partial charge in [0.2, 0.25) is 5.91 Å². The van der Waals surface area contributed by atoms with Gasteiger partial charge in [0, 0.05) is 4.47 Å². The molecule has 1 saturated heterocycles. The van der Waals surface area contributed by atoms with Gasteiger partial charge >= 0.3 is 0 Å². The van der Waals surface area contributed by atoms with Gasteiger partial charge in [-0.1, -0.05) is 88.7 Å². The number of rotatable bonds is 4. The smallest absolute Gasteiger partial charge is 0.244 e. The molecule has 0 radical (unpaired) electrons. The zero-order valence-electron chi connectivity index (χ0n) is 13.9. The van der Waals surface area contributed by atoms with Gasteiger partial charge in [0.1, 0.15) is 5.38 Å². The molecule has 2 nitrogen and oxygen atoms in total. The summed E-state index contributed by atoms with van der Waals surface area (Å²) in [6.45, 7) is 0. The number of likely N-dealkylation sites (tertiary alicyclic amines) is 1. The summed E-state index contributed by atoms with van der Waals surface area (Å²) in [5, 5.41) is -0.536. The summed E-state index contributed by atoms with van der Waals surface area (Å²) >= 11 is 9.92. The van der Waals surface area contributed by atoms with Crippen molar-refractivity contribution in [1.82, 2.24) is 4.90 Å². The fourth-order valence-corrected chi connectivity index (χ4v) is 4.18. The summed E-state index contributed by atoms with van der Waals surface area (Å²) in [5.74, 6) is -0.0303. The van der Waals surface area contributed by atoms with Crippen LogP contribution in [0.3, 0.4) is 0 Å². The molecule has 0 aromatic heterocycles. The number of halogens is 2. The van der Waals surface area contributed by atoms with Crippen LogP contribution in [0.25, 0.3) is 0 Å². The highest BCUT2D eigenvalue weighted by Gasteiger charge is 2.50. The fraction of sp³-hybridized carbons (Fsp3) is 0.136. The Bertz CT molecular complexity index is 859. The predicted molar refractivity (Wildman–Crippen MR) is 108 cm³/mol. The van der Waals surface area contributed by atoms with Crippen molar-refractivity contribution < 1.29 is 4.79 Å². The van der Waals surface area contributed by atoms with Crippen LogP contribution in [0.4, 0.5) is 0 Å². The van der Waals surface area contributed by atoms with E-state index < -0.39 is 5.38 Å². The van der Waals surface area contributed by atoms with Crippen LogP contribution >= 0.6 is 27.5 Å². The van der Waals surface area contributed by atoms with Gasteiger partial charge in [-0.05, 0) is 28.8 Å². The second kappa shape index (κ2) is 7.26. The van der Waals surface area contributed by atoms with Crippen molar-refractivity contribution in [2.45, 2.75) is 17.5 Å². The van der Waals surface area contributed by atoms with E-state index in [1.165, 1.54) is 0 Å². The van der Waals surface area contributed by atoms with E-state index in [0.717, 1.165) is 21.2 Å². The Kier molecular flexibility index (Phi) is 4.84. The molecule has 0 aliphatic carbocycles. The van der Waals surface area contributed by atoms with Crippen LogP contribution in [0.1, 0.15) is 28.8 Å². The lowest BCUT2D eigenvalue weighted by Crippen LogP contribution is -2.57. The molecular weight excluding hydrogens is 410 g/mol. The highest BCUT2D eigenvalue weighted by atomic mass is 79.9. The number of carbonyl (C=O) groups is 1. The lowest BCUT2D eigenvalue weighted by atomic mass is 9.86. The lowest BCUT2D eigenvalue weighted by molar-refractivity contribution is -0.148. The van der Waals surface area contributed by atoms with E-state index in [0.29, 0.717) is 0 Å². The molecule has 1 aliphatic heterocycles. The number of hydrogen-bond donors (Lipinski definition) is 0. The molecular formula is C22H17BrClNO. The Hall–Kier alpha value is -2.10. The number of nitrogens with zero attached hydrogens (tertiary/aromatic N) is 1. The maximum absolute atomic E-state index is 12.8. The van der Waals surface area contributed by atoms with Crippen molar-refractivity contribution in [1.29, 1.82) is 0 Å². The van der Waals surface area contributed by atoms with E-state index in [4.69, 9.17) is 11.6 Å². The Morgan fingerprint density at radius 1 is 0.808 bits per heavy atom. The normalized spacial score (nSPS) is 19.5. The van der Waals surface area contributed by atoms with Crippen LogP contribution in [-0.4, -0.2) is 16.2 Å². The predicted octanol–water partition coefficient (Wildman–Crippen LogP) is 5.73. The number of amides is 1. The van der Waals surface area contributed by atoms with Gasteiger partial charge in [-0.25, -0.2) is 0 Å². The van der Waals surface area contributed by atoms with E-state index in [1.54, 1.807) is 0 Å². The van der Waals surface area contributed by atoms with Crippen molar-refractivity contribution in [3.8, 4) is 0 Å². The summed E-state index contributed by atoms with van der Waals surface area (Å²) in [7, 11) is 0. The highest BCUT2D eigenvalue weighted by molar-refractivity contribution is 9.10. The maximum Gasteiger partial charge on any atom is 0.244 e. The topological polar surface area (TPSA) is 20.3 Å². The number of carbonyl (C=O) groups excluding carboxylic acids is 1. The average molecular weight is 427 g/mol. The Morgan fingerprint density at radius 3 is 1.81 bits per heavy atom. The third kappa shape index (κ3) is 3.06. The van der Waals surface area contributed by atoms with Crippen LogP contribution in [0.15, 0.2) is 89.4 Å². The van der Waals surface area contributed by atoms with Crippen molar-refractivity contribution in [2.24, 2.45) is 0 Å². The molecule has 0 saturated carbocycles. The summed E-state index contributed by atoms with van der Waals surface area (Å²) < 4.78 is 1.01. The summed E-state index contributed by atoms with van der Waals surface area (Å²) in [4.78, 5) is 14.7. The van der Waals surface area contributed by atoms with Crippen molar-refractivity contribution in [3.63, 3.8) is 0 Å². The first-order chi connectivity index (χ1) is 12.7. The van der Waals surface area contributed by atoms with Crippen molar-refractivity contribution >= 4 is 33.4 Å². The molecule has 0 spiro atoms. The molecule has 0 bridgehead atoms. The first kappa shape index (κ1) is 17.3. The zero-order valence-corrected chi connectivity index (χ0v) is 16.3. The molecule has 4 rings (SSSR count). The van der Waals surface area contributed by atoms with Crippen LogP contribution in [-0.2, 0) is 4.79 Å². The summed E-state index contributed by atoms with van der Waals surface area (Å²) in [6.07, 6.45) is 0. The Labute approximate surface area is 166 Å². The molecule has 1 aliphatic rings. The van der Waals surface area contributed by atoms with Gasteiger partial charge in [-0.15, -0.1) is 11.6 Å². The summed E-state index contributed by atoms with van der Waals surface area (Å²) in [6, 6.07) is 27.9. The van der Waals surface area contributed by atoms with Crippen molar-refractivity contribution in [3.05, 3.63) is 106 Å². The van der Waals surface area contributed by atoms with Gasteiger partial charge in [0.15, 0.2) is 0 Å². The molecule has 26 heavy (non-hydrogen) atoms. The highest BCUT2D eigenvalue weighted by Crippen LogP contribution is 2.46. The molecule has 0 N–H and O–H groups in total. The molecule has 3 aromatic rings. The second-order valence-electron chi connectivity index (χ2n) is 6.37. The van der Waals surface area contributed by atoms with Crippen LogP contribution in [0.5, 0.6) is 0 Å². The zero-order chi connectivity index (χ0) is 18.1. The maximum atomic E-state index is 12.8. The standard InChI is InChI=1S/C22H17BrClNO/c23-18-13-11-17(12-14-18)21-19(24)22(26)25(21)20(15-7-3-1-4-8-15)16-9-5-2-6-10-16/h1-14,19-21H/t19-,21+/m0/s1. The van der Waals surface area contributed by atoms with Crippen LogP contribution in [0.2, 0.25) is 0 Å². The monoisotopic (exact) mass is 425 g/mol. The number of alkyl halides is 1. The van der Waals surface area contributed by atoms with Crippen LogP contribution < -0.4 is 0 Å². The molecule has 1 fully saturated rings. The minimum absolute atomic E-state index is 0.0303. The average Bonchev–Trinajstić information content (AvgIpc) is 2.70. The molecule has 2 atom stereocenters. The molecule has 1 heterocycles. The lowest BCUT2D eigenvalue weighted by Gasteiger charge is -2.49. The molecule has 4 heteroatoms. The minimum Gasteiger partial charge on any atom is -0.321 e. The van der Waals surface area contributed by atoms with E-state index in [9.17, 15) is 4.79 Å². The number of β-lactam (4-membered cyclic amide) rings is 1. The van der Waals surface area contributed by atoms with Gasteiger partial charge in [0.25, 0.3) is 0 Å². The van der Waals surface area contributed by atoms with Gasteiger partial charge in [-0.2, -0.15) is 0 Å². The fourth-order valence-electron chi connectivity index (χ4n) is 3.54. The van der Waals surface area contributed by atoms with E-state index in [-0.39, 0.29) is 18.0 Å². The SMILES string of the molecule is O=C1[C@@H](Cl)[C@@H](c2ccc(Br)cc2)N1C(c1ccccc1)c1ccccc1. The first-order valence-electron chi connectivity index (χ1n) is 8.48. The van der Waals surface area contributed by atoms with Gasteiger partial charge < -0.3 is 4.90 Å². The molecule has 1 amide bonds. The van der Waals surface area contributed by atoms with Crippen molar-refractivity contribution in [2.75, 3.05) is 0 Å². The van der Waals surface area contributed by atoms with Gasteiger partial charge in [0.05, 0.1) is 12.1 Å². The number of hydrogen-bond acceptors (Lipinski definition) is 1. The third-order valence-electron chi connectivity index (χ3n) is 4.79. The van der Waals surface area contributed by atoms with Gasteiger partial charge in [-0.3, -0.25) is 4.79 Å². The minimum atomic E-state index is -0.536. The largest absolute Gasteiger partial charge is 0.321 e. The Morgan fingerprint density at radius 2 is 1.31 bits per heavy atom. The Balaban J connectivity index is 1.79. The quantitative estimate of drug-likeness (QED) is 0.385. The van der Waals surface area contributed by atoms with E-state index >= 15 is 0 Å². The van der Waals surface area contributed by atoms with E-state index in [1.807, 2.05) is 65.6 Å². The van der Waals surface area contributed by atoms with Crippen LogP contribution in [0, 0.1) is 0 Å². The molecule has 130 valence electrons. The first-order valence-corrected chi connectivity index (χ1v) is 9.71.